The minimum Gasteiger partial charge on any atom is -0.399 e. The van der Waals surface area contributed by atoms with Gasteiger partial charge in [-0.1, -0.05) is 36.4 Å². The first-order valence-corrected chi connectivity index (χ1v) is 7.03. The molecule has 1 atom stereocenters. The highest BCUT2D eigenvalue weighted by Crippen LogP contribution is 2.30. The van der Waals surface area contributed by atoms with Crippen molar-refractivity contribution >= 4 is 5.69 Å². The number of nitrogen functional groups attached to an aromatic ring is 1. The van der Waals surface area contributed by atoms with Gasteiger partial charge in [-0.25, -0.2) is 4.39 Å². The molecular formula is C17H19FN2. The maximum Gasteiger partial charge on any atom is 0.128 e. The van der Waals surface area contributed by atoms with E-state index in [1.165, 1.54) is 11.6 Å². The second-order valence-corrected chi connectivity index (χ2v) is 5.49. The molecule has 3 heteroatoms. The summed E-state index contributed by atoms with van der Waals surface area (Å²) in [5, 5.41) is 0. The Hall–Kier alpha value is -1.87. The van der Waals surface area contributed by atoms with Crippen molar-refractivity contribution in [1.29, 1.82) is 0 Å². The van der Waals surface area contributed by atoms with E-state index in [2.05, 4.69) is 29.2 Å². The molecule has 2 nitrogen and oxygen atoms in total. The molecule has 1 aliphatic heterocycles. The molecule has 0 amide bonds. The predicted octanol–water partition coefficient (Wildman–Crippen LogP) is 3.40. The van der Waals surface area contributed by atoms with E-state index in [0.29, 0.717) is 5.69 Å². The third kappa shape index (κ3) is 2.83. The molecule has 0 saturated carbocycles. The zero-order chi connectivity index (χ0) is 13.9. The molecule has 0 aliphatic carbocycles. The lowest BCUT2D eigenvalue weighted by molar-refractivity contribution is 0.326. The lowest BCUT2D eigenvalue weighted by Crippen LogP contribution is -2.19. The van der Waals surface area contributed by atoms with Gasteiger partial charge in [-0.05, 0) is 36.2 Å². The molecule has 3 rings (SSSR count). The predicted molar refractivity (Wildman–Crippen MR) is 79.9 cm³/mol. The summed E-state index contributed by atoms with van der Waals surface area (Å²) in [5.41, 5.74) is 8.21. The summed E-state index contributed by atoms with van der Waals surface area (Å²) in [6.45, 7) is 2.87. The SMILES string of the molecule is Nc1ccc([C@@H]2CCN(Cc3ccccc3)C2)c(F)c1. The number of anilines is 1. The summed E-state index contributed by atoms with van der Waals surface area (Å²) in [6, 6.07) is 15.5. The van der Waals surface area contributed by atoms with Gasteiger partial charge in [-0.3, -0.25) is 4.90 Å². The minimum atomic E-state index is -0.170. The van der Waals surface area contributed by atoms with Crippen LogP contribution in [-0.2, 0) is 6.54 Å². The number of halogens is 1. The molecule has 0 unspecified atom stereocenters. The highest BCUT2D eigenvalue weighted by molar-refractivity contribution is 5.41. The number of nitrogens with zero attached hydrogens (tertiary/aromatic N) is 1. The second-order valence-electron chi connectivity index (χ2n) is 5.49. The van der Waals surface area contributed by atoms with Crippen LogP contribution in [0, 0.1) is 5.82 Å². The van der Waals surface area contributed by atoms with Crippen LogP contribution in [0.15, 0.2) is 48.5 Å². The first kappa shape index (κ1) is 13.1. The summed E-state index contributed by atoms with van der Waals surface area (Å²) in [7, 11) is 0. The molecule has 0 bridgehead atoms. The molecule has 1 saturated heterocycles. The Labute approximate surface area is 119 Å². The number of hydrogen-bond acceptors (Lipinski definition) is 2. The van der Waals surface area contributed by atoms with Crippen molar-refractivity contribution < 1.29 is 4.39 Å². The highest BCUT2D eigenvalue weighted by atomic mass is 19.1. The van der Waals surface area contributed by atoms with Crippen LogP contribution in [0.4, 0.5) is 10.1 Å². The van der Waals surface area contributed by atoms with Gasteiger partial charge in [0.25, 0.3) is 0 Å². The number of benzene rings is 2. The molecule has 0 spiro atoms. The Balaban J connectivity index is 1.67. The molecular weight excluding hydrogens is 251 g/mol. The van der Waals surface area contributed by atoms with Crippen molar-refractivity contribution in [3.63, 3.8) is 0 Å². The minimum absolute atomic E-state index is 0.170. The molecule has 0 radical (unpaired) electrons. The van der Waals surface area contributed by atoms with E-state index >= 15 is 0 Å². The third-order valence-electron chi connectivity index (χ3n) is 3.99. The van der Waals surface area contributed by atoms with Crippen LogP contribution in [-0.4, -0.2) is 18.0 Å². The van der Waals surface area contributed by atoms with Crippen molar-refractivity contribution in [3.8, 4) is 0 Å². The van der Waals surface area contributed by atoms with Crippen LogP contribution in [0.1, 0.15) is 23.5 Å². The van der Waals surface area contributed by atoms with Gasteiger partial charge < -0.3 is 5.73 Å². The van der Waals surface area contributed by atoms with Gasteiger partial charge in [0.1, 0.15) is 5.82 Å². The quantitative estimate of drug-likeness (QED) is 0.866. The molecule has 104 valence electrons. The fraction of sp³-hybridized carbons (Fsp3) is 0.294. The van der Waals surface area contributed by atoms with Crippen molar-refractivity contribution in [1.82, 2.24) is 4.90 Å². The van der Waals surface area contributed by atoms with E-state index in [1.54, 1.807) is 6.07 Å². The second kappa shape index (κ2) is 5.63. The lowest BCUT2D eigenvalue weighted by Gasteiger charge is -2.16. The molecule has 1 fully saturated rings. The normalized spacial score (nSPS) is 19.4. The number of likely N-dealkylation sites (tertiary alicyclic amines) is 1. The van der Waals surface area contributed by atoms with Crippen molar-refractivity contribution in [2.24, 2.45) is 0 Å². The van der Waals surface area contributed by atoms with Crippen LogP contribution >= 0.6 is 0 Å². The molecule has 20 heavy (non-hydrogen) atoms. The number of nitrogens with two attached hydrogens (primary N) is 1. The Morgan fingerprint density at radius 3 is 2.70 bits per heavy atom. The fourth-order valence-electron chi connectivity index (χ4n) is 2.95. The smallest absolute Gasteiger partial charge is 0.128 e. The molecule has 1 aliphatic rings. The van der Waals surface area contributed by atoms with Crippen molar-refractivity contribution in [2.45, 2.75) is 18.9 Å². The summed E-state index contributed by atoms with van der Waals surface area (Å²) in [5.74, 6) is 0.107. The summed E-state index contributed by atoms with van der Waals surface area (Å²) < 4.78 is 14.0. The largest absolute Gasteiger partial charge is 0.399 e. The molecule has 1 heterocycles. The Bertz CT molecular complexity index is 583. The monoisotopic (exact) mass is 270 g/mol. The van der Waals surface area contributed by atoms with Gasteiger partial charge in [0.2, 0.25) is 0 Å². The van der Waals surface area contributed by atoms with Crippen LogP contribution in [0.3, 0.4) is 0 Å². The number of rotatable bonds is 3. The zero-order valence-corrected chi connectivity index (χ0v) is 11.4. The maximum absolute atomic E-state index is 14.0. The van der Waals surface area contributed by atoms with Gasteiger partial charge >= 0.3 is 0 Å². The van der Waals surface area contributed by atoms with Crippen molar-refractivity contribution in [2.75, 3.05) is 18.8 Å². The Morgan fingerprint density at radius 2 is 1.95 bits per heavy atom. The fourth-order valence-corrected chi connectivity index (χ4v) is 2.95. The topological polar surface area (TPSA) is 29.3 Å². The average Bonchev–Trinajstić information content (AvgIpc) is 2.88. The van der Waals surface area contributed by atoms with Gasteiger partial charge in [-0.2, -0.15) is 0 Å². The van der Waals surface area contributed by atoms with E-state index in [1.807, 2.05) is 12.1 Å². The molecule has 2 N–H and O–H groups in total. The zero-order valence-electron chi connectivity index (χ0n) is 11.4. The van der Waals surface area contributed by atoms with Crippen LogP contribution in [0.25, 0.3) is 0 Å². The van der Waals surface area contributed by atoms with Gasteiger partial charge in [-0.15, -0.1) is 0 Å². The van der Waals surface area contributed by atoms with Crippen LogP contribution in [0.5, 0.6) is 0 Å². The Kier molecular flexibility index (Phi) is 3.70. The van der Waals surface area contributed by atoms with E-state index in [-0.39, 0.29) is 11.7 Å². The van der Waals surface area contributed by atoms with Crippen molar-refractivity contribution in [3.05, 3.63) is 65.5 Å². The van der Waals surface area contributed by atoms with E-state index in [9.17, 15) is 4.39 Å². The summed E-state index contributed by atoms with van der Waals surface area (Å²) in [6.07, 6.45) is 1.01. The first-order valence-electron chi connectivity index (χ1n) is 7.03. The standard InChI is InChI=1S/C17H19FN2/c18-17-10-15(19)6-7-16(17)14-8-9-20(12-14)11-13-4-2-1-3-5-13/h1-7,10,14H,8-9,11-12,19H2/t14-/m1/s1. The van der Waals surface area contributed by atoms with E-state index in [0.717, 1.165) is 31.6 Å². The average molecular weight is 270 g/mol. The summed E-state index contributed by atoms with van der Waals surface area (Å²) in [4.78, 5) is 2.38. The first-order chi connectivity index (χ1) is 9.72. The van der Waals surface area contributed by atoms with E-state index in [4.69, 9.17) is 5.73 Å². The van der Waals surface area contributed by atoms with E-state index < -0.39 is 0 Å². The third-order valence-corrected chi connectivity index (χ3v) is 3.99. The van der Waals surface area contributed by atoms with Crippen LogP contribution < -0.4 is 5.73 Å². The van der Waals surface area contributed by atoms with Gasteiger partial charge in [0, 0.05) is 24.7 Å². The van der Waals surface area contributed by atoms with Gasteiger partial charge in [0.15, 0.2) is 0 Å². The molecule has 2 aromatic rings. The molecule has 0 aromatic heterocycles. The maximum atomic E-state index is 14.0. The van der Waals surface area contributed by atoms with Crippen LogP contribution in [0.2, 0.25) is 0 Å². The highest BCUT2D eigenvalue weighted by Gasteiger charge is 2.25. The Morgan fingerprint density at radius 1 is 1.15 bits per heavy atom. The van der Waals surface area contributed by atoms with Gasteiger partial charge in [0.05, 0.1) is 0 Å². The number of hydrogen-bond donors (Lipinski definition) is 1. The lowest BCUT2D eigenvalue weighted by atomic mass is 9.97. The molecule has 2 aromatic carbocycles. The summed E-state index contributed by atoms with van der Waals surface area (Å²) >= 11 is 0.